The summed E-state index contributed by atoms with van der Waals surface area (Å²) in [6, 6.07) is 4.00. The Morgan fingerprint density at radius 3 is 2.41 bits per heavy atom. The Morgan fingerprint density at radius 1 is 1.14 bits per heavy atom. The van der Waals surface area contributed by atoms with Gasteiger partial charge in [-0.2, -0.15) is 4.80 Å². The number of nitrogens with one attached hydrogen (secondary N) is 3. The van der Waals surface area contributed by atoms with Crippen LogP contribution in [0, 0.1) is 11.3 Å². The van der Waals surface area contributed by atoms with Gasteiger partial charge in [0.05, 0.1) is 11.3 Å². The predicted molar refractivity (Wildman–Crippen MR) is 179 cm³/mol. The summed E-state index contributed by atoms with van der Waals surface area (Å²) in [7, 11) is -3.90. The Morgan fingerprint density at radius 2 is 1.84 bits per heavy atom. The van der Waals surface area contributed by atoms with Gasteiger partial charge < -0.3 is 20.3 Å². The van der Waals surface area contributed by atoms with E-state index in [0.717, 1.165) is 0 Å². The second kappa shape index (κ2) is 13.0. The van der Waals surface area contributed by atoms with E-state index in [0.29, 0.717) is 23.4 Å². The lowest BCUT2D eigenvalue weighted by Gasteiger charge is -2.36. The number of ether oxygens (including phenoxy) is 1. The van der Waals surface area contributed by atoms with E-state index in [1.165, 1.54) is 15.8 Å². The molecule has 3 aliphatic rings. The first-order valence-corrected chi connectivity index (χ1v) is 18.0. The molecule has 5 atom stereocenters. The number of rotatable bonds is 10. The van der Waals surface area contributed by atoms with Gasteiger partial charge in [-0.15, -0.1) is 16.8 Å². The van der Waals surface area contributed by atoms with E-state index >= 15 is 0 Å². The molecule has 0 unspecified atom stereocenters. The molecule has 3 N–H and O–H groups in total. The van der Waals surface area contributed by atoms with Gasteiger partial charge in [0.2, 0.25) is 27.7 Å². The molecule has 17 heteroatoms. The Labute approximate surface area is 290 Å². The normalized spacial score (nSPS) is 24.5. The maximum absolute atomic E-state index is 14.4. The fourth-order valence-electron chi connectivity index (χ4n) is 5.86. The van der Waals surface area contributed by atoms with Gasteiger partial charge in [-0.3, -0.25) is 19.1 Å². The van der Waals surface area contributed by atoms with Crippen molar-refractivity contribution in [2.75, 3.05) is 6.54 Å². The van der Waals surface area contributed by atoms with E-state index in [2.05, 4.69) is 37.3 Å². The Hall–Kier alpha value is -4.05. The van der Waals surface area contributed by atoms with Crippen LogP contribution in [0.1, 0.15) is 73.3 Å². The molecule has 0 bridgehead atoms. The first-order valence-electron chi connectivity index (χ1n) is 16.1. The van der Waals surface area contributed by atoms with Crippen molar-refractivity contribution in [3.8, 4) is 11.4 Å². The van der Waals surface area contributed by atoms with E-state index in [1.807, 2.05) is 0 Å². The van der Waals surface area contributed by atoms with Crippen LogP contribution in [0.15, 0.2) is 36.9 Å². The van der Waals surface area contributed by atoms with E-state index in [4.69, 9.17) is 16.3 Å². The maximum atomic E-state index is 14.4. The molecule has 15 nitrogen and oxygen atoms in total. The van der Waals surface area contributed by atoms with Crippen LogP contribution in [0.25, 0.3) is 11.4 Å². The largest absolute Gasteiger partial charge is 0.444 e. The van der Waals surface area contributed by atoms with E-state index in [-0.39, 0.29) is 25.2 Å². The SMILES string of the molecule is C=C[C@@H]1C[C@]1(NC(=O)[C@@H]1C[C@@H](n2nnc(-c3cccc(Cl)c3)n2)CN1C(=O)[C@@H](NC(=O)OC(C)(C)C)C(C)(C)C)C(=O)NS(=O)(=O)C1CC1. The summed E-state index contributed by atoms with van der Waals surface area (Å²) in [5.74, 6) is -2.35. The lowest BCUT2D eigenvalue weighted by Crippen LogP contribution is -2.60. The van der Waals surface area contributed by atoms with Crippen molar-refractivity contribution in [3.63, 3.8) is 0 Å². The van der Waals surface area contributed by atoms with Gasteiger partial charge >= 0.3 is 6.09 Å². The van der Waals surface area contributed by atoms with Gasteiger partial charge in [-0.05, 0) is 62.8 Å². The van der Waals surface area contributed by atoms with Gasteiger partial charge in [0.1, 0.15) is 23.2 Å². The third-order valence-electron chi connectivity index (χ3n) is 8.73. The Bertz CT molecular complexity index is 1760. The molecular formula is C32H43ClN8O7S. The molecule has 2 aromatic rings. The molecule has 0 radical (unpaired) electrons. The summed E-state index contributed by atoms with van der Waals surface area (Å²) in [6.45, 7) is 14.1. The van der Waals surface area contributed by atoms with Crippen molar-refractivity contribution in [1.82, 2.24) is 40.5 Å². The number of carbonyl (C=O) groups excluding carboxylic acids is 4. The number of aromatic nitrogens is 4. The van der Waals surface area contributed by atoms with Gasteiger partial charge in [-0.25, -0.2) is 13.2 Å². The van der Waals surface area contributed by atoms with Crippen LogP contribution in [0.2, 0.25) is 5.02 Å². The quantitative estimate of drug-likeness (QED) is 0.308. The molecule has 2 heterocycles. The number of likely N-dealkylation sites (tertiary alicyclic amines) is 1. The van der Waals surface area contributed by atoms with Crippen LogP contribution >= 0.6 is 11.6 Å². The molecule has 0 spiro atoms. The predicted octanol–water partition coefficient (Wildman–Crippen LogP) is 2.74. The Balaban J connectivity index is 1.44. The molecule has 1 saturated heterocycles. The van der Waals surface area contributed by atoms with Gasteiger partial charge in [0.25, 0.3) is 5.91 Å². The molecule has 2 saturated carbocycles. The van der Waals surface area contributed by atoms with E-state index in [1.54, 1.807) is 65.8 Å². The minimum absolute atomic E-state index is 0.0308. The van der Waals surface area contributed by atoms with E-state index in [9.17, 15) is 27.6 Å². The van der Waals surface area contributed by atoms with Crippen molar-refractivity contribution in [2.45, 2.75) is 102 Å². The highest BCUT2D eigenvalue weighted by atomic mass is 35.5. The van der Waals surface area contributed by atoms with Crippen molar-refractivity contribution >= 4 is 45.4 Å². The molecule has 3 fully saturated rings. The molecule has 1 aromatic heterocycles. The number of carbonyl (C=O) groups is 4. The fourth-order valence-corrected chi connectivity index (χ4v) is 7.41. The molecule has 4 amide bonds. The van der Waals surface area contributed by atoms with Crippen molar-refractivity contribution < 1.29 is 32.3 Å². The first kappa shape index (κ1) is 36.2. The molecule has 5 rings (SSSR count). The van der Waals surface area contributed by atoms with Crippen LogP contribution in [0.3, 0.4) is 0 Å². The van der Waals surface area contributed by atoms with Gasteiger partial charge in [0.15, 0.2) is 0 Å². The zero-order chi connectivity index (χ0) is 36.1. The molecule has 1 aromatic carbocycles. The highest BCUT2D eigenvalue weighted by Gasteiger charge is 2.62. The highest BCUT2D eigenvalue weighted by molar-refractivity contribution is 7.91. The lowest BCUT2D eigenvalue weighted by molar-refractivity contribution is -0.143. The zero-order valence-corrected chi connectivity index (χ0v) is 30.0. The fraction of sp³-hybridized carbons (Fsp3) is 0.594. The number of amides is 4. The van der Waals surface area contributed by atoms with Crippen molar-refractivity contribution in [2.24, 2.45) is 11.3 Å². The number of hydrogen-bond donors (Lipinski definition) is 3. The third-order valence-corrected chi connectivity index (χ3v) is 10.8. The van der Waals surface area contributed by atoms with Gasteiger partial charge in [0, 0.05) is 29.5 Å². The summed E-state index contributed by atoms with van der Waals surface area (Å²) in [5, 5.41) is 18.1. The summed E-state index contributed by atoms with van der Waals surface area (Å²) in [6.07, 6.45) is 1.76. The highest BCUT2D eigenvalue weighted by Crippen LogP contribution is 2.45. The molecule has 2 aliphatic carbocycles. The number of nitrogens with zero attached hydrogens (tertiary/aromatic N) is 5. The number of alkyl carbamates (subject to hydrolysis) is 1. The number of benzene rings is 1. The number of hydrogen-bond acceptors (Lipinski definition) is 10. The average molecular weight is 719 g/mol. The number of sulfonamides is 1. The summed E-state index contributed by atoms with van der Waals surface area (Å²) in [4.78, 5) is 57.5. The Kier molecular flexibility index (Phi) is 9.62. The number of tetrazole rings is 1. The van der Waals surface area contributed by atoms with Crippen molar-refractivity contribution in [1.29, 1.82) is 0 Å². The monoisotopic (exact) mass is 718 g/mol. The smallest absolute Gasteiger partial charge is 0.408 e. The van der Waals surface area contributed by atoms with Crippen LogP contribution in [-0.4, -0.2) is 92.4 Å². The second-order valence-electron chi connectivity index (χ2n) is 15.0. The topological polar surface area (TPSA) is 195 Å². The lowest BCUT2D eigenvalue weighted by atomic mass is 9.85. The molecular weight excluding hydrogens is 676 g/mol. The summed E-state index contributed by atoms with van der Waals surface area (Å²) >= 11 is 6.15. The van der Waals surface area contributed by atoms with E-state index < -0.39 is 79.7 Å². The van der Waals surface area contributed by atoms with Crippen LogP contribution < -0.4 is 15.4 Å². The third kappa shape index (κ3) is 8.06. The van der Waals surface area contributed by atoms with Crippen LogP contribution in [-0.2, 0) is 29.1 Å². The molecule has 49 heavy (non-hydrogen) atoms. The van der Waals surface area contributed by atoms with Crippen LogP contribution in [0.5, 0.6) is 0 Å². The molecule has 1 aliphatic heterocycles. The first-order chi connectivity index (χ1) is 22.7. The minimum Gasteiger partial charge on any atom is -0.444 e. The second-order valence-corrected chi connectivity index (χ2v) is 17.4. The maximum Gasteiger partial charge on any atom is 0.408 e. The summed E-state index contributed by atoms with van der Waals surface area (Å²) in [5.41, 5.74) is -2.59. The van der Waals surface area contributed by atoms with Gasteiger partial charge in [-0.1, -0.05) is 50.6 Å². The zero-order valence-electron chi connectivity index (χ0n) is 28.4. The number of halogens is 1. The minimum atomic E-state index is -3.90. The molecule has 266 valence electrons. The van der Waals surface area contributed by atoms with Crippen LogP contribution in [0.4, 0.5) is 4.79 Å². The summed E-state index contributed by atoms with van der Waals surface area (Å²) < 4.78 is 32.8. The standard InChI is InChI=1S/C32H43ClN8O7S/c1-8-19-16-32(19,28(44)38-49(46,47)22-12-13-22)35-26(42)23-15-21(41-37-25(36-39-41)18-10-9-11-20(33)14-18)17-40(23)27(43)24(30(2,3)4)34-29(45)48-31(5,6)7/h8-11,14,19,21-24H,1,12-13,15-17H2,2-7H3,(H,34,45)(H,35,42)(H,38,44)/t19-,21-,23+,24-,32-/m1/s1. The van der Waals surface area contributed by atoms with Crippen molar-refractivity contribution in [3.05, 3.63) is 41.9 Å². The average Bonchev–Trinajstić information content (AvgIpc) is 3.86.